The molecule has 1 aromatic carbocycles. The molecule has 0 saturated heterocycles. The molecular formula is C19H17N5O3. The highest BCUT2D eigenvalue weighted by Gasteiger charge is 2.34. The SMILES string of the molecule is O=C(O)c1ccccc1NC(=O)N1CCc2[nH]cnc2[C@@H]1c1cccnc1. The Balaban J connectivity index is 1.68. The van der Waals surface area contributed by atoms with Crippen molar-refractivity contribution in [3.05, 3.63) is 77.6 Å². The van der Waals surface area contributed by atoms with E-state index in [4.69, 9.17) is 0 Å². The lowest BCUT2D eigenvalue weighted by molar-refractivity contribution is 0.0698. The standard InChI is InChI=1S/C19H17N5O3/c25-18(26)13-5-1-2-6-14(13)23-19(27)24-9-7-15-16(22-11-21-15)17(24)12-4-3-8-20-10-12/h1-6,8,10-11,17H,7,9H2,(H,21,22)(H,23,27)(H,25,26)/t17-/m0/s1. The normalized spacial score (nSPS) is 15.9. The van der Waals surface area contributed by atoms with Crippen molar-refractivity contribution in [1.82, 2.24) is 19.9 Å². The summed E-state index contributed by atoms with van der Waals surface area (Å²) in [6, 6.07) is 9.26. The molecule has 4 rings (SSSR count). The molecule has 0 fully saturated rings. The van der Waals surface area contributed by atoms with Gasteiger partial charge in [-0.3, -0.25) is 4.98 Å². The van der Waals surface area contributed by atoms with Gasteiger partial charge in [-0.1, -0.05) is 18.2 Å². The molecule has 3 aromatic rings. The molecule has 2 amide bonds. The summed E-state index contributed by atoms with van der Waals surface area (Å²) in [5.41, 5.74) is 2.90. The number of aromatic amines is 1. The maximum Gasteiger partial charge on any atom is 0.337 e. The van der Waals surface area contributed by atoms with Crippen molar-refractivity contribution in [3.63, 3.8) is 0 Å². The third-order valence-electron chi connectivity index (χ3n) is 4.59. The van der Waals surface area contributed by atoms with Crippen LogP contribution in [-0.4, -0.2) is 43.5 Å². The number of anilines is 1. The Kier molecular flexibility index (Phi) is 4.29. The number of imidazole rings is 1. The number of aromatic nitrogens is 3. The fraction of sp³-hybridized carbons (Fsp3) is 0.158. The Morgan fingerprint density at radius 3 is 2.85 bits per heavy atom. The molecule has 3 heterocycles. The van der Waals surface area contributed by atoms with Crippen LogP contribution in [0.1, 0.15) is 33.4 Å². The number of rotatable bonds is 3. The first-order valence-corrected chi connectivity index (χ1v) is 8.47. The maximum absolute atomic E-state index is 13.0. The van der Waals surface area contributed by atoms with Gasteiger partial charge in [0.1, 0.15) is 6.04 Å². The van der Waals surface area contributed by atoms with E-state index in [-0.39, 0.29) is 17.3 Å². The van der Waals surface area contributed by atoms with Gasteiger partial charge in [0.05, 0.1) is 23.3 Å². The van der Waals surface area contributed by atoms with Crippen molar-refractivity contribution in [2.75, 3.05) is 11.9 Å². The van der Waals surface area contributed by atoms with Crippen LogP contribution in [0.3, 0.4) is 0 Å². The zero-order valence-electron chi connectivity index (χ0n) is 14.3. The number of para-hydroxylation sites is 1. The van der Waals surface area contributed by atoms with Gasteiger partial charge in [0.2, 0.25) is 0 Å². The highest BCUT2D eigenvalue weighted by atomic mass is 16.4. The van der Waals surface area contributed by atoms with Crippen LogP contribution in [0.5, 0.6) is 0 Å². The van der Waals surface area contributed by atoms with Crippen LogP contribution >= 0.6 is 0 Å². The number of H-pyrrole nitrogens is 1. The van der Waals surface area contributed by atoms with Crippen LogP contribution < -0.4 is 5.32 Å². The lowest BCUT2D eigenvalue weighted by Crippen LogP contribution is -2.43. The van der Waals surface area contributed by atoms with E-state index < -0.39 is 12.0 Å². The summed E-state index contributed by atoms with van der Waals surface area (Å²) in [5, 5.41) is 12.1. The van der Waals surface area contributed by atoms with Crippen LogP contribution in [0, 0.1) is 0 Å². The third-order valence-corrected chi connectivity index (χ3v) is 4.59. The van der Waals surface area contributed by atoms with E-state index in [0.29, 0.717) is 13.0 Å². The van der Waals surface area contributed by atoms with Crippen LogP contribution in [0.25, 0.3) is 0 Å². The Morgan fingerprint density at radius 2 is 2.07 bits per heavy atom. The number of nitrogens with zero attached hydrogens (tertiary/aromatic N) is 3. The van der Waals surface area contributed by atoms with Crippen LogP contribution in [0.15, 0.2) is 55.1 Å². The number of fused-ring (bicyclic) bond motifs is 1. The minimum atomic E-state index is -1.09. The molecule has 8 nitrogen and oxygen atoms in total. The van der Waals surface area contributed by atoms with Gasteiger partial charge in [-0.2, -0.15) is 0 Å². The third kappa shape index (κ3) is 3.12. The minimum Gasteiger partial charge on any atom is -0.478 e. The molecule has 136 valence electrons. The Hall–Kier alpha value is -3.68. The molecule has 0 radical (unpaired) electrons. The second-order valence-corrected chi connectivity index (χ2v) is 6.18. The first-order chi connectivity index (χ1) is 13.1. The van der Waals surface area contributed by atoms with Crippen molar-refractivity contribution in [1.29, 1.82) is 0 Å². The number of amides is 2. The predicted molar refractivity (Wildman–Crippen MR) is 97.5 cm³/mol. The summed E-state index contributed by atoms with van der Waals surface area (Å²) in [6.45, 7) is 0.468. The summed E-state index contributed by atoms with van der Waals surface area (Å²) in [6.07, 6.45) is 5.64. The van der Waals surface area contributed by atoms with Gasteiger partial charge in [-0.05, 0) is 23.8 Å². The number of benzene rings is 1. The minimum absolute atomic E-state index is 0.0428. The highest BCUT2D eigenvalue weighted by molar-refractivity contribution is 6.00. The summed E-state index contributed by atoms with van der Waals surface area (Å²) in [5.74, 6) is -1.09. The van der Waals surface area contributed by atoms with Gasteiger partial charge < -0.3 is 20.3 Å². The number of aromatic carboxylic acids is 1. The first-order valence-electron chi connectivity index (χ1n) is 8.47. The molecule has 1 atom stereocenters. The number of carboxylic acid groups (broad SMARTS) is 1. The number of nitrogens with one attached hydrogen (secondary N) is 2. The van der Waals surface area contributed by atoms with Gasteiger partial charge in [-0.15, -0.1) is 0 Å². The summed E-state index contributed by atoms with van der Waals surface area (Å²) >= 11 is 0. The fourth-order valence-corrected chi connectivity index (χ4v) is 3.34. The molecule has 8 heteroatoms. The highest BCUT2D eigenvalue weighted by Crippen LogP contribution is 2.33. The van der Waals surface area contributed by atoms with Crippen molar-refractivity contribution >= 4 is 17.7 Å². The lowest BCUT2D eigenvalue weighted by atomic mass is 9.97. The second-order valence-electron chi connectivity index (χ2n) is 6.18. The number of urea groups is 1. The number of carbonyl (C=O) groups is 2. The van der Waals surface area contributed by atoms with Crippen LogP contribution in [0.2, 0.25) is 0 Å². The number of carbonyl (C=O) groups excluding carboxylic acids is 1. The molecule has 0 unspecified atom stereocenters. The van der Waals surface area contributed by atoms with Gasteiger partial charge in [0, 0.05) is 31.1 Å². The molecule has 2 aromatic heterocycles. The van der Waals surface area contributed by atoms with Crippen molar-refractivity contribution < 1.29 is 14.7 Å². The van der Waals surface area contributed by atoms with Crippen molar-refractivity contribution in [2.45, 2.75) is 12.5 Å². The Bertz CT molecular complexity index is 986. The van der Waals surface area contributed by atoms with Crippen LogP contribution in [-0.2, 0) is 6.42 Å². The van der Waals surface area contributed by atoms with E-state index in [1.165, 1.54) is 6.07 Å². The number of hydrogen-bond acceptors (Lipinski definition) is 4. The molecule has 0 bridgehead atoms. The van der Waals surface area contributed by atoms with E-state index in [1.54, 1.807) is 41.8 Å². The summed E-state index contributed by atoms with van der Waals surface area (Å²) in [7, 11) is 0. The lowest BCUT2D eigenvalue weighted by Gasteiger charge is -2.35. The molecule has 0 spiro atoms. The van der Waals surface area contributed by atoms with E-state index in [0.717, 1.165) is 17.0 Å². The summed E-state index contributed by atoms with van der Waals surface area (Å²) < 4.78 is 0. The second kappa shape index (κ2) is 6.91. The van der Waals surface area contributed by atoms with Gasteiger partial charge in [0.25, 0.3) is 0 Å². The van der Waals surface area contributed by atoms with E-state index in [9.17, 15) is 14.7 Å². The van der Waals surface area contributed by atoms with Gasteiger partial charge in [0.15, 0.2) is 0 Å². The van der Waals surface area contributed by atoms with Gasteiger partial charge >= 0.3 is 12.0 Å². The van der Waals surface area contributed by atoms with Crippen LogP contribution in [0.4, 0.5) is 10.5 Å². The molecule has 0 saturated carbocycles. The molecule has 0 aliphatic carbocycles. The van der Waals surface area contributed by atoms with Crippen molar-refractivity contribution in [3.8, 4) is 0 Å². The largest absolute Gasteiger partial charge is 0.478 e. The zero-order valence-corrected chi connectivity index (χ0v) is 14.3. The average molecular weight is 363 g/mol. The average Bonchev–Trinajstić information content (AvgIpc) is 3.17. The molecule has 27 heavy (non-hydrogen) atoms. The summed E-state index contributed by atoms with van der Waals surface area (Å²) in [4.78, 5) is 37.8. The first kappa shape index (κ1) is 16.8. The zero-order chi connectivity index (χ0) is 18.8. The fourth-order valence-electron chi connectivity index (χ4n) is 3.34. The number of hydrogen-bond donors (Lipinski definition) is 3. The van der Waals surface area contributed by atoms with Crippen molar-refractivity contribution in [2.24, 2.45) is 0 Å². The van der Waals surface area contributed by atoms with Gasteiger partial charge in [-0.25, -0.2) is 14.6 Å². The van der Waals surface area contributed by atoms with E-state index in [2.05, 4.69) is 20.3 Å². The molecule has 1 aliphatic rings. The number of pyridine rings is 1. The molecular weight excluding hydrogens is 346 g/mol. The smallest absolute Gasteiger partial charge is 0.337 e. The Morgan fingerprint density at radius 1 is 1.22 bits per heavy atom. The predicted octanol–water partition coefficient (Wildman–Crippen LogP) is 2.68. The Labute approximate surface area is 154 Å². The quantitative estimate of drug-likeness (QED) is 0.662. The van der Waals surface area contributed by atoms with E-state index in [1.807, 2.05) is 12.1 Å². The topological polar surface area (TPSA) is 111 Å². The maximum atomic E-state index is 13.0. The van der Waals surface area contributed by atoms with E-state index >= 15 is 0 Å². The number of carboxylic acids is 1. The monoisotopic (exact) mass is 363 g/mol. The molecule has 1 aliphatic heterocycles. The molecule has 3 N–H and O–H groups in total.